The van der Waals surface area contributed by atoms with Crippen LogP contribution in [0.4, 0.5) is 5.69 Å². The number of hydrogen-bond acceptors (Lipinski definition) is 4. The molecule has 2 aromatic carbocycles. The molecule has 0 aliphatic carbocycles. The minimum absolute atomic E-state index is 0.117. The number of halogens is 1. The molecule has 0 heterocycles. The summed E-state index contributed by atoms with van der Waals surface area (Å²) in [5.41, 5.74) is 2.87. The van der Waals surface area contributed by atoms with Gasteiger partial charge < -0.3 is 10.2 Å². The molecule has 0 radical (unpaired) electrons. The number of nitrogens with one attached hydrogen (secondary N) is 1. The van der Waals surface area contributed by atoms with Gasteiger partial charge in [-0.05, 0) is 62.1 Å². The van der Waals surface area contributed by atoms with Gasteiger partial charge in [-0.1, -0.05) is 49.2 Å². The molecule has 1 atom stereocenters. The van der Waals surface area contributed by atoms with E-state index in [0.29, 0.717) is 17.3 Å². The molecule has 0 spiro atoms. The Hall–Kier alpha value is -2.58. The van der Waals surface area contributed by atoms with Crippen LogP contribution >= 0.6 is 11.6 Å². The SMILES string of the molecule is CCCCNC(=O)[C@@H](C)N(Cc1cccc(Cl)c1)C(=O)CN(c1cccc(C)c1C)S(C)(=O)=O. The first kappa shape index (κ1) is 27.7. The molecule has 0 bridgehead atoms. The lowest BCUT2D eigenvalue weighted by atomic mass is 10.1. The number of sulfonamides is 1. The van der Waals surface area contributed by atoms with Crippen LogP contribution in [0.5, 0.6) is 0 Å². The Balaban J connectivity index is 2.39. The zero-order valence-electron chi connectivity index (χ0n) is 20.5. The second-order valence-electron chi connectivity index (χ2n) is 8.46. The highest BCUT2D eigenvalue weighted by molar-refractivity contribution is 7.92. The number of carbonyl (C=O) groups is 2. The quantitative estimate of drug-likeness (QED) is 0.465. The molecule has 0 saturated heterocycles. The third-order valence-electron chi connectivity index (χ3n) is 5.76. The van der Waals surface area contributed by atoms with Crippen molar-refractivity contribution in [1.82, 2.24) is 10.2 Å². The number of unbranched alkanes of at least 4 members (excludes halogenated alkanes) is 1. The van der Waals surface area contributed by atoms with Crippen molar-refractivity contribution >= 4 is 39.1 Å². The normalized spacial score (nSPS) is 12.2. The number of anilines is 1. The van der Waals surface area contributed by atoms with Crippen molar-refractivity contribution in [3.8, 4) is 0 Å². The van der Waals surface area contributed by atoms with Gasteiger partial charge in [0.2, 0.25) is 21.8 Å². The number of rotatable bonds is 11. The summed E-state index contributed by atoms with van der Waals surface area (Å²) in [6.07, 6.45) is 2.83. The van der Waals surface area contributed by atoms with Crippen LogP contribution in [0.2, 0.25) is 5.02 Å². The van der Waals surface area contributed by atoms with Gasteiger partial charge in [0, 0.05) is 18.1 Å². The van der Waals surface area contributed by atoms with Crippen LogP contribution in [0.1, 0.15) is 43.4 Å². The van der Waals surface area contributed by atoms with Crippen LogP contribution < -0.4 is 9.62 Å². The molecule has 7 nitrogen and oxygen atoms in total. The van der Waals surface area contributed by atoms with Gasteiger partial charge in [0.15, 0.2) is 0 Å². The van der Waals surface area contributed by atoms with E-state index < -0.39 is 28.5 Å². The summed E-state index contributed by atoms with van der Waals surface area (Å²) in [4.78, 5) is 27.8. The van der Waals surface area contributed by atoms with Crippen molar-refractivity contribution in [2.24, 2.45) is 0 Å². The Labute approximate surface area is 208 Å². The largest absolute Gasteiger partial charge is 0.354 e. The van der Waals surface area contributed by atoms with Gasteiger partial charge in [0.05, 0.1) is 11.9 Å². The summed E-state index contributed by atoms with van der Waals surface area (Å²) < 4.78 is 26.5. The summed E-state index contributed by atoms with van der Waals surface area (Å²) in [6, 6.07) is 11.6. The highest BCUT2D eigenvalue weighted by Gasteiger charge is 2.30. The molecule has 0 unspecified atom stereocenters. The van der Waals surface area contributed by atoms with E-state index in [1.165, 1.54) is 4.90 Å². The molecular weight excluding hydrogens is 474 g/mol. The topological polar surface area (TPSA) is 86.8 Å². The molecule has 0 fully saturated rings. The molecular formula is C25H34ClN3O4S. The number of nitrogens with zero attached hydrogens (tertiary/aromatic N) is 2. The molecule has 1 N–H and O–H groups in total. The molecule has 0 saturated carbocycles. The summed E-state index contributed by atoms with van der Waals surface area (Å²) in [5, 5.41) is 3.37. The zero-order valence-corrected chi connectivity index (χ0v) is 22.0. The van der Waals surface area contributed by atoms with E-state index >= 15 is 0 Å². The lowest BCUT2D eigenvalue weighted by molar-refractivity contribution is -0.139. The van der Waals surface area contributed by atoms with E-state index in [-0.39, 0.29) is 12.5 Å². The predicted molar refractivity (Wildman–Crippen MR) is 137 cm³/mol. The molecule has 0 aliphatic rings. The molecule has 2 aromatic rings. The van der Waals surface area contributed by atoms with Gasteiger partial charge in [0.1, 0.15) is 12.6 Å². The van der Waals surface area contributed by atoms with Gasteiger partial charge in [0.25, 0.3) is 0 Å². The van der Waals surface area contributed by atoms with E-state index in [0.717, 1.165) is 40.1 Å². The minimum Gasteiger partial charge on any atom is -0.354 e. The smallest absolute Gasteiger partial charge is 0.244 e. The molecule has 2 rings (SSSR count). The molecule has 0 aliphatic heterocycles. The maximum atomic E-state index is 13.5. The Morgan fingerprint density at radius 1 is 1.12 bits per heavy atom. The van der Waals surface area contributed by atoms with Crippen molar-refractivity contribution < 1.29 is 18.0 Å². The molecule has 2 amide bonds. The third kappa shape index (κ3) is 7.46. The minimum atomic E-state index is -3.76. The van der Waals surface area contributed by atoms with Crippen LogP contribution in [0.15, 0.2) is 42.5 Å². The Bertz CT molecular complexity index is 1120. The second kappa shape index (κ2) is 12.2. The van der Waals surface area contributed by atoms with Crippen molar-refractivity contribution in [2.45, 2.75) is 53.1 Å². The monoisotopic (exact) mass is 507 g/mol. The molecule has 186 valence electrons. The van der Waals surface area contributed by atoms with Crippen LogP contribution in [0, 0.1) is 13.8 Å². The Kier molecular flexibility index (Phi) is 9.94. The first-order valence-electron chi connectivity index (χ1n) is 11.3. The lowest BCUT2D eigenvalue weighted by Gasteiger charge is -2.32. The Morgan fingerprint density at radius 3 is 2.41 bits per heavy atom. The number of hydrogen-bond donors (Lipinski definition) is 1. The summed E-state index contributed by atoms with van der Waals surface area (Å²) in [7, 11) is -3.76. The van der Waals surface area contributed by atoms with E-state index in [4.69, 9.17) is 11.6 Å². The first-order chi connectivity index (χ1) is 16.0. The van der Waals surface area contributed by atoms with Gasteiger partial charge >= 0.3 is 0 Å². The fraction of sp³-hybridized carbons (Fsp3) is 0.440. The van der Waals surface area contributed by atoms with Crippen LogP contribution in [0.25, 0.3) is 0 Å². The van der Waals surface area contributed by atoms with Gasteiger partial charge in [-0.15, -0.1) is 0 Å². The summed E-state index contributed by atoms with van der Waals surface area (Å²) in [6.45, 7) is 7.58. The van der Waals surface area contributed by atoms with Crippen LogP contribution in [0.3, 0.4) is 0 Å². The summed E-state index contributed by atoms with van der Waals surface area (Å²) >= 11 is 6.12. The lowest BCUT2D eigenvalue weighted by Crippen LogP contribution is -2.51. The zero-order chi connectivity index (χ0) is 25.5. The third-order valence-corrected chi connectivity index (χ3v) is 7.12. The van der Waals surface area contributed by atoms with Crippen LogP contribution in [-0.4, -0.2) is 50.5 Å². The van der Waals surface area contributed by atoms with Gasteiger partial charge in [-0.3, -0.25) is 13.9 Å². The number of aryl methyl sites for hydroxylation is 1. The summed E-state index contributed by atoms with van der Waals surface area (Å²) in [5.74, 6) is -0.772. The van der Waals surface area contributed by atoms with Crippen molar-refractivity contribution in [2.75, 3.05) is 23.7 Å². The van der Waals surface area contributed by atoms with Gasteiger partial charge in [-0.25, -0.2) is 8.42 Å². The van der Waals surface area contributed by atoms with Crippen molar-refractivity contribution in [3.63, 3.8) is 0 Å². The fourth-order valence-corrected chi connectivity index (χ4v) is 4.66. The molecule has 0 aromatic heterocycles. The van der Waals surface area contributed by atoms with E-state index in [1.54, 1.807) is 37.3 Å². The first-order valence-corrected chi connectivity index (χ1v) is 13.5. The maximum absolute atomic E-state index is 13.5. The Morgan fingerprint density at radius 2 is 1.79 bits per heavy atom. The highest BCUT2D eigenvalue weighted by Crippen LogP contribution is 2.25. The maximum Gasteiger partial charge on any atom is 0.244 e. The second-order valence-corrected chi connectivity index (χ2v) is 10.8. The van der Waals surface area contributed by atoms with Crippen LogP contribution in [-0.2, 0) is 26.2 Å². The highest BCUT2D eigenvalue weighted by atomic mass is 35.5. The van der Waals surface area contributed by atoms with Gasteiger partial charge in [-0.2, -0.15) is 0 Å². The number of amides is 2. The number of benzene rings is 2. The van der Waals surface area contributed by atoms with E-state index in [2.05, 4.69) is 5.32 Å². The predicted octanol–water partition coefficient (Wildman–Crippen LogP) is 4.06. The fourth-order valence-electron chi connectivity index (χ4n) is 3.55. The van der Waals surface area contributed by atoms with Crippen molar-refractivity contribution in [1.29, 1.82) is 0 Å². The van der Waals surface area contributed by atoms with E-state index in [9.17, 15) is 18.0 Å². The average Bonchev–Trinajstić information content (AvgIpc) is 2.76. The molecule has 34 heavy (non-hydrogen) atoms. The van der Waals surface area contributed by atoms with Crippen molar-refractivity contribution in [3.05, 3.63) is 64.2 Å². The molecule has 9 heteroatoms. The standard InChI is InChI=1S/C25H34ClN3O4S/c1-6-7-14-27-25(31)20(4)28(16-21-11-9-12-22(26)15-21)24(30)17-29(34(5,32)33)23-13-8-10-18(2)19(23)3/h8-13,15,20H,6-7,14,16-17H2,1-5H3,(H,27,31)/t20-/m1/s1. The number of carbonyl (C=O) groups excluding carboxylic acids is 2. The van der Waals surface area contributed by atoms with E-state index in [1.807, 2.05) is 32.9 Å². The average molecular weight is 508 g/mol.